The topological polar surface area (TPSA) is 87.0 Å². The Bertz CT molecular complexity index is 1350. The molecule has 1 N–H and O–H groups in total. The van der Waals surface area contributed by atoms with Crippen molar-refractivity contribution in [3.63, 3.8) is 0 Å². The summed E-state index contributed by atoms with van der Waals surface area (Å²) in [5.41, 5.74) is 3.85. The molecule has 0 atom stereocenters. The molecular weight excluding hydrogens is 491 g/mol. The molecule has 176 valence electrons. The molecule has 0 aliphatic heterocycles. The van der Waals surface area contributed by atoms with Crippen LogP contribution in [-0.4, -0.2) is 20.6 Å². The molecule has 1 amide bonds. The number of rotatable bonds is 7. The summed E-state index contributed by atoms with van der Waals surface area (Å²) in [5.74, 6) is 0.0491. The molecule has 5 nitrogen and oxygen atoms in total. The van der Waals surface area contributed by atoms with E-state index in [0.29, 0.717) is 38.2 Å². The van der Waals surface area contributed by atoms with Crippen molar-refractivity contribution in [1.82, 2.24) is 5.32 Å². The zero-order valence-electron chi connectivity index (χ0n) is 19.0. The largest absolute Gasteiger partial charge is 0.348 e. The van der Waals surface area contributed by atoms with Gasteiger partial charge in [0, 0.05) is 23.9 Å². The second kappa shape index (κ2) is 10.6. The summed E-state index contributed by atoms with van der Waals surface area (Å²) in [6.45, 7) is 4.40. The third-order valence-electron chi connectivity index (χ3n) is 5.26. The lowest BCUT2D eigenvalue weighted by atomic mass is 9.94. The molecule has 0 spiro atoms. The number of carbonyl (C=O) groups is 1. The van der Waals surface area contributed by atoms with Gasteiger partial charge in [-0.1, -0.05) is 61.3 Å². The van der Waals surface area contributed by atoms with Crippen LogP contribution in [0.4, 0.5) is 0 Å². The minimum Gasteiger partial charge on any atom is -0.348 e. The first-order chi connectivity index (χ1) is 16.0. The van der Waals surface area contributed by atoms with E-state index in [4.69, 9.17) is 23.2 Å². The number of benzene rings is 3. The molecule has 0 saturated carbocycles. The summed E-state index contributed by atoms with van der Waals surface area (Å²) in [6.07, 6.45) is 1.93. The van der Waals surface area contributed by atoms with Crippen LogP contribution in [0.25, 0.3) is 11.1 Å². The molecule has 3 aromatic carbocycles. The Labute approximate surface area is 210 Å². The van der Waals surface area contributed by atoms with Crippen LogP contribution >= 0.6 is 23.2 Å². The highest BCUT2D eigenvalue weighted by Gasteiger charge is 2.16. The van der Waals surface area contributed by atoms with Crippen LogP contribution in [0.2, 0.25) is 10.0 Å². The van der Waals surface area contributed by atoms with E-state index in [9.17, 15) is 18.5 Å². The van der Waals surface area contributed by atoms with E-state index in [1.807, 2.05) is 12.1 Å². The van der Waals surface area contributed by atoms with Crippen LogP contribution in [0.3, 0.4) is 0 Å². The minimum absolute atomic E-state index is 0.211. The summed E-state index contributed by atoms with van der Waals surface area (Å²) >= 11 is 13.0. The Hall–Kier alpha value is -2.85. The number of hydrogen-bond donors (Lipinski definition) is 1. The second-order valence-corrected chi connectivity index (χ2v) is 11.3. The molecule has 0 aromatic heterocycles. The Morgan fingerprint density at radius 2 is 1.65 bits per heavy atom. The Kier molecular flexibility index (Phi) is 8.04. The second-order valence-electron chi connectivity index (χ2n) is 8.50. The highest BCUT2D eigenvalue weighted by Crippen LogP contribution is 2.37. The molecule has 0 unspecified atom stereocenters. The van der Waals surface area contributed by atoms with Crippen LogP contribution in [0, 0.1) is 17.2 Å². The molecule has 0 heterocycles. The third kappa shape index (κ3) is 6.18. The highest BCUT2D eigenvalue weighted by molar-refractivity contribution is 7.90. The molecule has 34 heavy (non-hydrogen) atoms. The number of nitriles is 1. The van der Waals surface area contributed by atoms with Gasteiger partial charge in [0.1, 0.15) is 0 Å². The quantitative estimate of drug-likeness (QED) is 0.414. The van der Waals surface area contributed by atoms with Crippen molar-refractivity contribution in [2.75, 3.05) is 6.26 Å². The maximum atomic E-state index is 12.7. The van der Waals surface area contributed by atoms with Crippen LogP contribution < -0.4 is 5.32 Å². The van der Waals surface area contributed by atoms with Crippen LogP contribution in [-0.2, 0) is 22.8 Å². The molecule has 3 aromatic rings. The van der Waals surface area contributed by atoms with Crippen molar-refractivity contribution < 1.29 is 13.2 Å². The number of nitrogens with zero attached hydrogens (tertiary/aromatic N) is 1. The highest BCUT2D eigenvalue weighted by atomic mass is 35.5. The summed E-state index contributed by atoms with van der Waals surface area (Å²) in [5, 5.41) is 13.0. The summed E-state index contributed by atoms with van der Waals surface area (Å²) < 4.78 is 23.1. The SMILES string of the molecule is CC(C)Cc1ccc(-c2c(Cl)cc(C(=O)NCc3ccc(S(C)(=O)=O)cc3)cc2Cl)cc1C#N. The van der Waals surface area contributed by atoms with Crippen LogP contribution in [0.1, 0.15) is 40.9 Å². The molecule has 0 bridgehead atoms. The number of nitrogens with one attached hydrogen (secondary N) is 1. The van der Waals surface area contributed by atoms with Gasteiger partial charge >= 0.3 is 0 Å². The number of carbonyl (C=O) groups excluding carboxylic acids is 1. The van der Waals surface area contributed by atoms with Crippen molar-refractivity contribution in [3.8, 4) is 17.2 Å². The Morgan fingerprint density at radius 1 is 1.03 bits per heavy atom. The van der Waals surface area contributed by atoms with Crippen molar-refractivity contribution in [2.45, 2.75) is 31.7 Å². The third-order valence-corrected chi connectivity index (χ3v) is 6.98. The van der Waals surface area contributed by atoms with Crippen molar-refractivity contribution in [2.24, 2.45) is 5.92 Å². The normalized spacial score (nSPS) is 11.3. The predicted molar refractivity (Wildman–Crippen MR) is 136 cm³/mol. The number of amides is 1. The monoisotopic (exact) mass is 514 g/mol. The predicted octanol–water partition coefficient (Wildman–Crippen LogP) is 6.06. The van der Waals surface area contributed by atoms with Gasteiger partial charge in [-0.2, -0.15) is 5.26 Å². The van der Waals surface area contributed by atoms with E-state index >= 15 is 0 Å². The van der Waals surface area contributed by atoms with Gasteiger partial charge in [0.05, 0.1) is 26.6 Å². The van der Waals surface area contributed by atoms with Gasteiger partial charge in [-0.05, 0) is 59.4 Å². The molecule has 8 heteroatoms. The molecule has 0 fully saturated rings. The molecular formula is C26H24Cl2N2O3S. The smallest absolute Gasteiger partial charge is 0.251 e. The van der Waals surface area contributed by atoms with E-state index in [1.54, 1.807) is 30.3 Å². The fraction of sp³-hybridized carbons (Fsp3) is 0.231. The first-order valence-corrected chi connectivity index (χ1v) is 13.2. The van der Waals surface area contributed by atoms with Gasteiger partial charge in [0.15, 0.2) is 9.84 Å². The van der Waals surface area contributed by atoms with Gasteiger partial charge in [-0.25, -0.2) is 8.42 Å². The fourth-order valence-electron chi connectivity index (χ4n) is 3.57. The van der Waals surface area contributed by atoms with E-state index in [2.05, 4.69) is 25.2 Å². The number of halogens is 2. The molecule has 0 saturated heterocycles. The average molecular weight is 515 g/mol. The maximum Gasteiger partial charge on any atom is 0.251 e. The standard InChI is InChI=1S/C26H24Cl2N2O3S/c1-16(2)10-18-6-7-19(11-21(18)14-29)25-23(27)12-20(13-24(25)28)26(31)30-15-17-4-8-22(9-5-17)34(3,32)33/h4-9,11-13,16H,10,15H2,1-3H3,(H,30,31). The summed E-state index contributed by atoms with van der Waals surface area (Å²) in [4.78, 5) is 12.9. The van der Waals surface area contributed by atoms with Crippen LogP contribution in [0.15, 0.2) is 59.5 Å². The maximum absolute atomic E-state index is 12.7. The first kappa shape index (κ1) is 25.8. The van der Waals surface area contributed by atoms with Gasteiger partial charge in [-0.15, -0.1) is 0 Å². The molecule has 0 aliphatic rings. The number of hydrogen-bond acceptors (Lipinski definition) is 4. The zero-order chi connectivity index (χ0) is 25.0. The lowest BCUT2D eigenvalue weighted by molar-refractivity contribution is 0.0951. The zero-order valence-corrected chi connectivity index (χ0v) is 21.4. The van der Waals surface area contributed by atoms with Gasteiger partial charge in [0.2, 0.25) is 0 Å². The minimum atomic E-state index is -3.28. The van der Waals surface area contributed by atoms with Crippen molar-refractivity contribution >= 4 is 38.9 Å². The van der Waals surface area contributed by atoms with Gasteiger partial charge in [0.25, 0.3) is 5.91 Å². The van der Waals surface area contributed by atoms with Crippen LogP contribution in [0.5, 0.6) is 0 Å². The Morgan fingerprint density at radius 3 is 2.18 bits per heavy atom. The molecule has 0 radical (unpaired) electrons. The van der Waals surface area contributed by atoms with Crippen molar-refractivity contribution in [3.05, 3.63) is 86.9 Å². The first-order valence-electron chi connectivity index (χ1n) is 10.6. The lowest BCUT2D eigenvalue weighted by Crippen LogP contribution is -2.22. The van der Waals surface area contributed by atoms with Gasteiger partial charge in [-0.3, -0.25) is 4.79 Å². The van der Waals surface area contributed by atoms with E-state index in [-0.39, 0.29) is 17.3 Å². The summed E-state index contributed by atoms with van der Waals surface area (Å²) in [7, 11) is -3.28. The van der Waals surface area contributed by atoms with Crippen molar-refractivity contribution in [1.29, 1.82) is 5.26 Å². The average Bonchev–Trinajstić information content (AvgIpc) is 2.77. The lowest BCUT2D eigenvalue weighted by Gasteiger charge is -2.13. The fourth-order valence-corrected chi connectivity index (χ4v) is 4.91. The van der Waals surface area contributed by atoms with E-state index in [0.717, 1.165) is 23.8 Å². The van der Waals surface area contributed by atoms with Gasteiger partial charge < -0.3 is 5.32 Å². The molecule has 3 rings (SSSR count). The summed E-state index contributed by atoms with van der Waals surface area (Å²) in [6, 6.07) is 17.2. The van der Waals surface area contributed by atoms with E-state index in [1.165, 1.54) is 12.1 Å². The van der Waals surface area contributed by atoms with E-state index < -0.39 is 9.84 Å². The Balaban J connectivity index is 1.80. The number of sulfone groups is 1. The molecule has 0 aliphatic carbocycles.